The summed E-state index contributed by atoms with van der Waals surface area (Å²) in [6.45, 7) is 7.57. The molecule has 454 valence electrons. The van der Waals surface area contributed by atoms with Gasteiger partial charge in [-0.1, -0.05) is 74.5 Å². The van der Waals surface area contributed by atoms with Gasteiger partial charge in [0.15, 0.2) is 0 Å². The van der Waals surface area contributed by atoms with Crippen molar-refractivity contribution in [3.8, 4) is 43.4 Å². The quantitative estimate of drug-likeness (QED) is 0.0602. The fourth-order valence-electron chi connectivity index (χ4n) is 10.0. The number of carbonyl (C=O) groups excluding carboxylic acids is 6. The lowest BCUT2D eigenvalue weighted by molar-refractivity contribution is -0.122. The number of thiazole rings is 6. The number of nitrogens with one attached hydrogen (secondary N) is 6. The van der Waals surface area contributed by atoms with Gasteiger partial charge in [0.25, 0.3) is 23.6 Å². The number of hydrogen-bond donors (Lipinski definition) is 7. The summed E-state index contributed by atoms with van der Waals surface area (Å²) in [5.41, 5.74) is 4.40. The molecule has 4 atom stereocenters. The van der Waals surface area contributed by atoms with E-state index < -0.39 is 54.4 Å². The smallest absolute Gasteiger partial charge is 0.271 e. The minimum atomic E-state index is -1.27. The Morgan fingerprint density at radius 3 is 2.12 bits per heavy atom. The standard InChI is InChI=1S/C60H60N14O8S6/c1-30(2)45-60-73-48(42(88-60)25-82-5)53(80)62-23-44(76)70-49(50(77)33-14-10-7-11-15-33)59-69-41(29-86-59)57-66-38(26-84-57)47-35(55-67-40(27-83-55)52(79)65-37(22-43(75)61-4)58-72-46(31(3)87-58)54(81)71-45)16-17-36(64-47)56-68-39(28-85-56)51(78)63-34-18-20-74(21-19-34)24-32-12-8-6-9-13-32/h6-17,26-30,34,37,45,49-50,77H,18-25H2,1-5H3,(H,61,75)(H,62,80)(H,63,78)(H,65,79)(H,70,76)(H,71,81)/t37-,45-,49-,50-/m0/s1. The third kappa shape index (κ3) is 14.1. The Morgan fingerprint density at radius 2 is 1.38 bits per heavy atom. The van der Waals surface area contributed by atoms with Gasteiger partial charge in [0.05, 0.1) is 42.2 Å². The van der Waals surface area contributed by atoms with Gasteiger partial charge in [0.1, 0.15) is 82.0 Å². The molecule has 10 bridgehead atoms. The predicted molar refractivity (Wildman–Crippen MR) is 339 cm³/mol. The van der Waals surface area contributed by atoms with Crippen molar-refractivity contribution >= 4 is 103 Å². The third-order valence-corrected chi connectivity index (χ3v) is 20.4. The van der Waals surface area contributed by atoms with Gasteiger partial charge in [-0.15, -0.1) is 68.0 Å². The molecule has 1 fully saturated rings. The van der Waals surface area contributed by atoms with Crippen molar-refractivity contribution in [1.82, 2.24) is 71.7 Å². The van der Waals surface area contributed by atoms with Gasteiger partial charge >= 0.3 is 0 Å². The van der Waals surface area contributed by atoms with E-state index in [-0.39, 0.29) is 59.6 Å². The fourth-order valence-corrected chi connectivity index (χ4v) is 15.6. The van der Waals surface area contributed by atoms with Crippen LogP contribution in [0.15, 0.2) is 94.3 Å². The average molecular weight is 1300 g/mol. The lowest BCUT2D eigenvalue weighted by Gasteiger charge is -2.32. The zero-order valence-electron chi connectivity index (χ0n) is 48.2. The van der Waals surface area contributed by atoms with E-state index in [0.29, 0.717) is 73.7 Å². The first-order valence-corrected chi connectivity index (χ1v) is 33.2. The first-order valence-electron chi connectivity index (χ1n) is 28.1. The maximum atomic E-state index is 14.4. The van der Waals surface area contributed by atoms with Gasteiger partial charge in [-0.2, -0.15) is 0 Å². The molecule has 6 amide bonds. The maximum Gasteiger partial charge on any atom is 0.271 e. The molecule has 2 aliphatic heterocycles. The highest BCUT2D eigenvalue weighted by Gasteiger charge is 2.33. The van der Waals surface area contributed by atoms with Gasteiger partial charge < -0.3 is 41.7 Å². The van der Waals surface area contributed by atoms with Crippen LogP contribution in [0.25, 0.3) is 43.4 Å². The number of ether oxygens (including phenoxy) is 1. The zero-order chi connectivity index (χ0) is 61.6. The number of fused-ring (bicyclic) bond motifs is 14. The molecule has 0 unspecified atom stereocenters. The highest BCUT2D eigenvalue weighted by atomic mass is 32.1. The van der Waals surface area contributed by atoms with Crippen LogP contribution in [0, 0.1) is 12.8 Å². The van der Waals surface area contributed by atoms with E-state index in [1.165, 1.54) is 76.4 Å². The topological polar surface area (TPSA) is 298 Å². The van der Waals surface area contributed by atoms with Crippen molar-refractivity contribution in [1.29, 1.82) is 0 Å². The molecule has 28 heteroatoms. The molecule has 7 N–H and O–H groups in total. The second-order valence-electron chi connectivity index (χ2n) is 21.2. The van der Waals surface area contributed by atoms with Crippen molar-refractivity contribution in [3.63, 3.8) is 0 Å². The van der Waals surface area contributed by atoms with Crippen LogP contribution in [0.1, 0.15) is 135 Å². The van der Waals surface area contributed by atoms with Crippen molar-refractivity contribution in [3.05, 3.63) is 153 Å². The Kier molecular flexibility index (Phi) is 19.4. The second-order valence-corrected chi connectivity index (χ2v) is 27.0. The van der Waals surface area contributed by atoms with Gasteiger partial charge in [-0.3, -0.25) is 33.7 Å². The van der Waals surface area contributed by atoms with E-state index >= 15 is 0 Å². The molecule has 11 rings (SSSR count). The highest BCUT2D eigenvalue weighted by Crippen LogP contribution is 2.40. The van der Waals surface area contributed by atoms with E-state index in [0.717, 1.165) is 43.8 Å². The zero-order valence-corrected chi connectivity index (χ0v) is 53.1. The molecule has 1 saturated heterocycles. The molecule has 0 radical (unpaired) electrons. The molecule has 2 aliphatic rings. The summed E-state index contributed by atoms with van der Waals surface area (Å²) in [5.74, 6) is -3.34. The minimum absolute atomic E-state index is 0.00529. The number of methoxy groups -OCH3 is 1. The number of aryl methyl sites for hydroxylation is 1. The van der Waals surface area contributed by atoms with Gasteiger partial charge in [0.2, 0.25) is 11.8 Å². The van der Waals surface area contributed by atoms with E-state index in [2.05, 4.69) is 48.9 Å². The second kappa shape index (κ2) is 27.6. The Labute approximate surface area is 529 Å². The van der Waals surface area contributed by atoms with Crippen LogP contribution in [0.4, 0.5) is 0 Å². The van der Waals surface area contributed by atoms with Crippen molar-refractivity contribution < 1.29 is 38.6 Å². The summed E-state index contributed by atoms with van der Waals surface area (Å²) in [5, 5.41) is 38.7. The number of aromatic nitrogens is 7. The molecule has 0 saturated carbocycles. The number of rotatable bonds is 12. The monoisotopic (exact) mass is 1300 g/mol. The number of aliphatic hydroxyl groups is 1. The summed E-state index contributed by atoms with van der Waals surface area (Å²) < 4.78 is 5.46. The Morgan fingerprint density at radius 1 is 0.682 bits per heavy atom. The van der Waals surface area contributed by atoms with Crippen LogP contribution >= 0.6 is 68.0 Å². The molecule has 88 heavy (non-hydrogen) atoms. The maximum absolute atomic E-state index is 14.4. The van der Waals surface area contributed by atoms with Crippen LogP contribution in [-0.4, -0.2) is 120 Å². The first kappa shape index (κ1) is 61.7. The summed E-state index contributed by atoms with van der Waals surface area (Å²) >= 11 is 7.30. The van der Waals surface area contributed by atoms with E-state index in [4.69, 9.17) is 39.6 Å². The Balaban J connectivity index is 0.938. The number of likely N-dealkylation sites (tertiary alicyclic amines) is 1. The summed E-state index contributed by atoms with van der Waals surface area (Å²) in [6, 6.07) is 20.0. The number of aliphatic hydroxyl groups excluding tert-OH is 1. The van der Waals surface area contributed by atoms with E-state index in [1.54, 1.807) is 53.4 Å². The lowest BCUT2D eigenvalue weighted by atomic mass is 10.0. The predicted octanol–water partition coefficient (Wildman–Crippen LogP) is 8.71. The van der Waals surface area contributed by atoms with Crippen molar-refractivity contribution in [2.24, 2.45) is 5.92 Å². The summed E-state index contributed by atoms with van der Waals surface area (Å²) in [4.78, 5) is 121. The van der Waals surface area contributed by atoms with Crippen molar-refractivity contribution in [2.75, 3.05) is 33.8 Å². The molecule has 2 aromatic carbocycles. The first-order chi connectivity index (χ1) is 42.6. The van der Waals surface area contributed by atoms with Crippen LogP contribution in [0.5, 0.6) is 0 Å². The number of hydrogen-bond acceptors (Lipinski definition) is 22. The van der Waals surface area contributed by atoms with E-state index in [1.807, 2.05) is 49.6 Å². The van der Waals surface area contributed by atoms with Crippen molar-refractivity contribution in [2.45, 2.75) is 83.5 Å². The summed E-state index contributed by atoms with van der Waals surface area (Å²) in [7, 11) is 2.96. The van der Waals surface area contributed by atoms with Crippen LogP contribution in [0.2, 0.25) is 0 Å². The molecule has 9 aromatic rings. The number of nitrogens with zero attached hydrogens (tertiary/aromatic N) is 8. The third-order valence-electron chi connectivity index (χ3n) is 14.7. The Hall–Kier alpha value is -7.93. The largest absolute Gasteiger partial charge is 0.386 e. The Bertz CT molecular complexity index is 4000. The van der Waals surface area contributed by atoms with Gasteiger partial charge in [0, 0.05) is 71.8 Å². The average Bonchev–Trinajstić information content (AvgIpc) is 3.34. The number of pyridine rings is 1. The number of benzene rings is 2. The van der Waals surface area contributed by atoms with E-state index in [9.17, 15) is 33.9 Å². The molecule has 0 spiro atoms. The molecule has 9 heterocycles. The molecule has 0 aliphatic carbocycles. The highest BCUT2D eigenvalue weighted by molar-refractivity contribution is 7.15. The molecule has 7 aromatic heterocycles. The lowest BCUT2D eigenvalue weighted by Crippen LogP contribution is -2.44. The van der Waals surface area contributed by atoms with Gasteiger partial charge in [-0.05, 0) is 48.9 Å². The normalized spacial score (nSPS) is 17.6. The number of amides is 6. The number of carbonyl (C=O) groups is 6. The molecule has 22 nitrogen and oxygen atoms in total. The van der Waals surface area contributed by atoms with Gasteiger partial charge in [-0.25, -0.2) is 34.9 Å². The fraction of sp³-hybridized carbons (Fsp3) is 0.317. The summed E-state index contributed by atoms with van der Waals surface area (Å²) in [6.07, 6.45) is 0.140. The SMILES string of the molecule is CNC(=O)C[C@@H]1NC(=O)c2csc(n2)-c2ccc(-c3nc(C(=O)NC4CCN(Cc5ccccc5)CC4)cs3)nc2-c2csc(n2)-c2csc(n2)[C@H]([C@@H](O)c2ccccc2)NC(=O)CNC(=O)c2nc(sc2COC)[C@H](C(C)C)NC(=O)c2nc1sc2C. The minimum Gasteiger partial charge on any atom is -0.386 e. The number of piperidine rings is 1. The van der Waals surface area contributed by atoms with Crippen LogP contribution < -0.4 is 31.9 Å². The molecular formula is C60H60N14O8S6. The van der Waals surface area contributed by atoms with Crippen LogP contribution in [0.3, 0.4) is 0 Å². The molecular weight excluding hydrogens is 1240 g/mol. The van der Waals surface area contributed by atoms with Crippen LogP contribution in [-0.2, 0) is 27.5 Å².